The fraction of sp³-hybridized carbons (Fsp3) is 0.462. The third kappa shape index (κ3) is 2.32. The highest BCUT2D eigenvalue weighted by molar-refractivity contribution is 9.09. The van der Waals surface area contributed by atoms with Gasteiger partial charge < -0.3 is 10.0 Å². The third-order valence-electron chi connectivity index (χ3n) is 3.23. The quantitative estimate of drug-likeness (QED) is 0.853. The van der Waals surface area contributed by atoms with Crippen LogP contribution < -0.4 is 4.90 Å². The average molecular weight is 298 g/mol. The fourth-order valence-electron chi connectivity index (χ4n) is 2.19. The van der Waals surface area contributed by atoms with Crippen LogP contribution in [0.1, 0.15) is 17.5 Å². The lowest BCUT2D eigenvalue weighted by Crippen LogP contribution is -2.25. The van der Waals surface area contributed by atoms with Gasteiger partial charge in [0.1, 0.15) is 5.75 Å². The molecule has 0 bridgehead atoms. The molecule has 92 valence electrons. The van der Waals surface area contributed by atoms with Crippen LogP contribution in [0.3, 0.4) is 0 Å². The van der Waals surface area contributed by atoms with E-state index in [2.05, 4.69) is 15.9 Å². The van der Waals surface area contributed by atoms with E-state index in [9.17, 15) is 9.90 Å². The van der Waals surface area contributed by atoms with Gasteiger partial charge in [-0.1, -0.05) is 15.9 Å². The minimum Gasteiger partial charge on any atom is -0.508 e. The summed E-state index contributed by atoms with van der Waals surface area (Å²) < 4.78 is 0. The van der Waals surface area contributed by atoms with Gasteiger partial charge in [0.05, 0.1) is 0 Å². The van der Waals surface area contributed by atoms with Crippen molar-refractivity contribution in [3.63, 3.8) is 0 Å². The Morgan fingerprint density at radius 1 is 1.41 bits per heavy atom. The van der Waals surface area contributed by atoms with E-state index in [0.29, 0.717) is 12.3 Å². The third-order valence-corrected chi connectivity index (χ3v) is 4.14. The zero-order valence-electron chi connectivity index (χ0n) is 10.0. The van der Waals surface area contributed by atoms with Crippen molar-refractivity contribution in [3.8, 4) is 5.75 Å². The molecule has 1 amide bonds. The van der Waals surface area contributed by atoms with Crippen LogP contribution in [-0.4, -0.2) is 22.9 Å². The van der Waals surface area contributed by atoms with Gasteiger partial charge in [0.15, 0.2) is 0 Å². The van der Waals surface area contributed by atoms with Crippen LogP contribution in [0.4, 0.5) is 5.69 Å². The van der Waals surface area contributed by atoms with Gasteiger partial charge in [0.25, 0.3) is 0 Å². The zero-order valence-corrected chi connectivity index (χ0v) is 11.6. The number of rotatable bonds is 2. The van der Waals surface area contributed by atoms with Crippen molar-refractivity contribution in [1.82, 2.24) is 0 Å². The lowest BCUT2D eigenvalue weighted by molar-refractivity contribution is -0.117. The number of amides is 1. The van der Waals surface area contributed by atoms with E-state index in [0.717, 1.165) is 28.7 Å². The molecule has 1 aromatic rings. The maximum absolute atomic E-state index is 11.9. The van der Waals surface area contributed by atoms with Gasteiger partial charge >= 0.3 is 0 Å². The number of nitrogens with zero attached hydrogens (tertiary/aromatic N) is 1. The van der Waals surface area contributed by atoms with Crippen LogP contribution >= 0.6 is 15.9 Å². The Morgan fingerprint density at radius 3 is 2.71 bits per heavy atom. The van der Waals surface area contributed by atoms with Crippen LogP contribution in [-0.2, 0) is 4.79 Å². The topological polar surface area (TPSA) is 40.5 Å². The first kappa shape index (κ1) is 12.4. The van der Waals surface area contributed by atoms with E-state index in [1.54, 1.807) is 6.07 Å². The molecule has 0 aromatic heterocycles. The minimum atomic E-state index is 0.169. The Balaban J connectivity index is 2.35. The van der Waals surface area contributed by atoms with Crippen LogP contribution in [0, 0.1) is 19.8 Å². The van der Waals surface area contributed by atoms with Crippen molar-refractivity contribution in [2.24, 2.45) is 5.92 Å². The number of aromatic hydroxyl groups is 1. The Hall–Kier alpha value is -1.03. The number of phenols is 1. The Bertz CT molecular complexity index is 459. The summed E-state index contributed by atoms with van der Waals surface area (Å²) in [6.07, 6.45) is 0.602. The molecule has 1 saturated heterocycles. The smallest absolute Gasteiger partial charge is 0.227 e. The average Bonchev–Trinajstić information content (AvgIpc) is 2.65. The first-order valence-electron chi connectivity index (χ1n) is 5.69. The van der Waals surface area contributed by atoms with Gasteiger partial charge in [-0.3, -0.25) is 4.79 Å². The minimum absolute atomic E-state index is 0.169. The van der Waals surface area contributed by atoms with Crippen molar-refractivity contribution in [3.05, 3.63) is 23.3 Å². The number of phenolic OH excluding ortho intramolecular Hbond substituents is 1. The van der Waals surface area contributed by atoms with Crippen molar-refractivity contribution in [1.29, 1.82) is 0 Å². The van der Waals surface area contributed by atoms with E-state index in [4.69, 9.17) is 0 Å². The number of aryl methyl sites for hydroxylation is 2. The molecule has 0 spiro atoms. The Kier molecular flexibility index (Phi) is 3.43. The molecule has 4 heteroatoms. The zero-order chi connectivity index (χ0) is 12.6. The molecule has 1 aliphatic heterocycles. The molecular formula is C13H16BrNO2. The highest BCUT2D eigenvalue weighted by Gasteiger charge is 2.30. The van der Waals surface area contributed by atoms with Crippen LogP contribution in [0.15, 0.2) is 12.1 Å². The normalized spacial score (nSPS) is 20.1. The molecule has 1 unspecified atom stereocenters. The number of halogens is 1. The number of hydrogen-bond donors (Lipinski definition) is 1. The summed E-state index contributed by atoms with van der Waals surface area (Å²) in [6.45, 7) is 4.53. The summed E-state index contributed by atoms with van der Waals surface area (Å²) in [5, 5.41) is 10.5. The van der Waals surface area contributed by atoms with Gasteiger partial charge in [-0.2, -0.15) is 0 Å². The van der Waals surface area contributed by atoms with Crippen LogP contribution in [0.5, 0.6) is 5.75 Å². The fourth-order valence-corrected chi connectivity index (χ4v) is 2.63. The summed E-state index contributed by atoms with van der Waals surface area (Å²) >= 11 is 3.43. The van der Waals surface area contributed by atoms with Crippen molar-refractivity contribution < 1.29 is 9.90 Å². The molecular weight excluding hydrogens is 282 g/mol. The van der Waals surface area contributed by atoms with Crippen molar-refractivity contribution in [2.75, 3.05) is 16.8 Å². The highest BCUT2D eigenvalue weighted by atomic mass is 79.9. The van der Waals surface area contributed by atoms with Gasteiger partial charge in [-0.15, -0.1) is 0 Å². The number of benzene rings is 1. The maximum atomic E-state index is 11.9. The lowest BCUT2D eigenvalue weighted by atomic mass is 10.1. The molecule has 0 saturated carbocycles. The molecule has 1 N–H and O–H groups in total. The molecule has 2 rings (SSSR count). The van der Waals surface area contributed by atoms with Gasteiger partial charge in [-0.05, 0) is 43.0 Å². The molecule has 1 aliphatic rings. The molecule has 1 atom stereocenters. The molecule has 17 heavy (non-hydrogen) atoms. The van der Waals surface area contributed by atoms with Crippen LogP contribution in [0.25, 0.3) is 0 Å². The van der Waals surface area contributed by atoms with E-state index < -0.39 is 0 Å². The van der Waals surface area contributed by atoms with Gasteiger partial charge in [0.2, 0.25) is 5.91 Å². The van der Waals surface area contributed by atoms with E-state index in [-0.39, 0.29) is 11.7 Å². The molecule has 1 heterocycles. The van der Waals surface area contributed by atoms with E-state index in [1.807, 2.05) is 24.8 Å². The summed E-state index contributed by atoms with van der Waals surface area (Å²) in [4.78, 5) is 13.8. The van der Waals surface area contributed by atoms with Crippen LogP contribution in [0.2, 0.25) is 0 Å². The molecule has 1 fully saturated rings. The number of carbonyl (C=O) groups is 1. The summed E-state index contributed by atoms with van der Waals surface area (Å²) in [5.41, 5.74) is 2.67. The Labute approximate surface area is 110 Å². The highest BCUT2D eigenvalue weighted by Crippen LogP contribution is 2.32. The molecule has 0 radical (unpaired) electrons. The number of hydrogen-bond acceptors (Lipinski definition) is 2. The monoisotopic (exact) mass is 297 g/mol. The second-order valence-electron chi connectivity index (χ2n) is 4.65. The summed E-state index contributed by atoms with van der Waals surface area (Å²) in [7, 11) is 0. The predicted octanol–water partition coefficient (Wildman–Crippen LogP) is 2.76. The molecule has 1 aromatic carbocycles. The van der Waals surface area contributed by atoms with E-state index in [1.165, 1.54) is 0 Å². The Morgan fingerprint density at radius 2 is 2.12 bits per heavy atom. The van der Waals surface area contributed by atoms with Gasteiger partial charge in [0, 0.05) is 24.0 Å². The second-order valence-corrected chi connectivity index (χ2v) is 5.30. The number of alkyl halides is 1. The van der Waals surface area contributed by atoms with Gasteiger partial charge in [-0.25, -0.2) is 0 Å². The van der Waals surface area contributed by atoms with E-state index >= 15 is 0 Å². The molecule has 3 nitrogen and oxygen atoms in total. The second kappa shape index (κ2) is 4.69. The maximum Gasteiger partial charge on any atom is 0.227 e. The first-order chi connectivity index (χ1) is 8.02. The first-order valence-corrected chi connectivity index (χ1v) is 6.81. The number of anilines is 1. The summed E-state index contributed by atoms with van der Waals surface area (Å²) in [6, 6.07) is 3.61. The lowest BCUT2D eigenvalue weighted by Gasteiger charge is -2.20. The summed E-state index contributed by atoms with van der Waals surface area (Å²) in [5.74, 6) is 0.841. The number of carbonyl (C=O) groups excluding carboxylic acids is 1. The predicted molar refractivity (Wildman–Crippen MR) is 71.8 cm³/mol. The molecule has 0 aliphatic carbocycles. The standard InChI is InChI=1S/C13H16BrNO2/c1-8-4-12(16)9(2)3-11(8)15-7-10(6-14)5-13(15)17/h3-4,10,16H,5-7H2,1-2H3. The van der Waals surface area contributed by atoms with Crippen molar-refractivity contribution >= 4 is 27.5 Å². The van der Waals surface area contributed by atoms with Crippen molar-refractivity contribution in [2.45, 2.75) is 20.3 Å². The SMILES string of the molecule is Cc1cc(N2CC(CBr)CC2=O)c(C)cc1O. The largest absolute Gasteiger partial charge is 0.508 e.